The molecule has 0 spiro atoms. The van der Waals surface area contributed by atoms with Crippen LogP contribution in [-0.2, 0) is 6.54 Å². The summed E-state index contributed by atoms with van der Waals surface area (Å²) in [6.07, 6.45) is 0. The van der Waals surface area contributed by atoms with E-state index in [2.05, 4.69) is 4.98 Å². The maximum absolute atomic E-state index is 13.8. The average molecular weight is 302 g/mol. The van der Waals surface area contributed by atoms with Crippen LogP contribution in [-0.4, -0.2) is 4.98 Å². The summed E-state index contributed by atoms with van der Waals surface area (Å²) in [5, 5.41) is 2.39. The zero-order chi connectivity index (χ0) is 14.8. The highest BCUT2D eigenvalue weighted by Gasteiger charge is 2.11. The van der Waals surface area contributed by atoms with Crippen molar-refractivity contribution in [3.8, 4) is 21.8 Å². The minimum Gasteiger partial charge on any atom is -0.326 e. The summed E-state index contributed by atoms with van der Waals surface area (Å²) >= 11 is 1.33. The molecule has 3 aromatic rings. The third kappa shape index (κ3) is 2.84. The predicted molar refractivity (Wildman–Crippen MR) is 80.8 cm³/mol. The van der Waals surface area contributed by atoms with E-state index in [4.69, 9.17) is 5.73 Å². The normalized spacial score (nSPS) is 10.8. The molecule has 0 saturated carbocycles. The molecule has 0 saturated heterocycles. The van der Waals surface area contributed by atoms with Crippen molar-refractivity contribution in [2.45, 2.75) is 6.54 Å². The highest BCUT2D eigenvalue weighted by atomic mass is 32.1. The lowest BCUT2D eigenvalue weighted by Crippen LogP contribution is -1.95. The fourth-order valence-corrected chi connectivity index (χ4v) is 2.86. The molecule has 0 fully saturated rings. The Kier molecular flexibility index (Phi) is 3.77. The fourth-order valence-electron chi connectivity index (χ4n) is 2.00. The van der Waals surface area contributed by atoms with Gasteiger partial charge < -0.3 is 5.73 Å². The van der Waals surface area contributed by atoms with Crippen LogP contribution < -0.4 is 5.73 Å². The number of benzene rings is 2. The lowest BCUT2D eigenvalue weighted by atomic mass is 10.1. The molecule has 106 valence electrons. The van der Waals surface area contributed by atoms with Crippen molar-refractivity contribution in [2.24, 2.45) is 5.73 Å². The van der Waals surface area contributed by atoms with Crippen LogP contribution in [0.25, 0.3) is 21.8 Å². The third-order valence-electron chi connectivity index (χ3n) is 3.15. The topological polar surface area (TPSA) is 38.9 Å². The van der Waals surface area contributed by atoms with Gasteiger partial charge in [-0.1, -0.05) is 24.3 Å². The Hall–Kier alpha value is -2.11. The van der Waals surface area contributed by atoms with Gasteiger partial charge in [0.05, 0.1) is 5.69 Å². The summed E-state index contributed by atoms with van der Waals surface area (Å²) in [5.74, 6) is -1.19. The van der Waals surface area contributed by atoms with E-state index in [1.165, 1.54) is 23.5 Å². The first-order chi connectivity index (χ1) is 10.2. The van der Waals surface area contributed by atoms with Crippen LogP contribution in [0.5, 0.6) is 0 Å². The number of nitrogens with zero attached hydrogens (tertiary/aromatic N) is 1. The van der Waals surface area contributed by atoms with E-state index in [0.717, 1.165) is 22.9 Å². The lowest BCUT2D eigenvalue weighted by Gasteiger charge is -2.00. The zero-order valence-electron chi connectivity index (χ0n) is 11.0. The number of hydrogen-bond acceptors (Lipinski definition) is 3. The Morgan fingerprint density at radius 3 is 2.48 bits per heavy atom. The second kappa shape index (κ2) is 5.71. The van der Waals surface area contributed by atoms with Gasteiger partial charge in [0.15, 0.2) is 0 Å². The van der Waals surface area contributed by atoms with Gasteiger partial charge in [0.25, 0.3) is 0 Å². The molecule has 5 heteroatoms. The molecule has 1 aromatic heterocycles. The van der Waals surface area contributed by atoms with Crippen LogP contribution in [0.1, 0.15) is 5.56 Å². The van der Waals surface area contributed by atoms with Crippen LogP contribution in [0.15, 0.2) is 47.8 Å². The molecule has 0 atom stereocenters. The number of nitrogens with two attached hydrogens (primary N) is 1. The van der Waals surface area contributed by atoms with Gasteiger partial charge in [-0.05, 0) is 17.7 Å². The lowest BCUT2D eigenvalue weighted by molar-refractivity contribution is 0.585. The van der Waals surface area contributed by atoms with Crippen LogP contribution in [0.4, 0.5) is 8.78 Å². The Morgan fingerprint density at radius 1 is 1.05 bits per heavy atom. The van der Waals surface area contributed by atoms with Crippen LogP contribution in [0.3, 0.4) is 0 Å². The smallest absolute Gasteiger partial charge is 0.136 e. The van der Waals surface area contributed by atoms with Crippen molar-refractivity contribution in [1.29, 1.82) is 0 Å². The quantitative estimate of drug-likeness (QED) is 0.787. The molecule has 0 bridgehead atoms. The van der Waals surface area contributed by atoms with E-state index < -0.39 is 11.6 Å². The van der Waals surface area contributed by atoms with Crippen molar-refractivity contribution < 1.29 is 8.78 Å². The summed E-state index contributed by atoms with van der Waals surface area (Å²) < 4.78 is 26.7. The SMILES string of the molecule is NCc1ccc(-c2csc(-c3ccc(F)cc3F)n2)cc1. The van der Waals surface area contributed by atoms with E-state index in [1.54, 1.807) is 0 Å². The minimum atomic E-state index is -0.602. The molecule has 0 unspecified atom stereocenters. The molecule has 21 heavy (non-hydrogen) atoms. The number of halogens is 2. The Labute approximate surface area is 124 Å². The zero-order valence-corrected chi connectivity index (χ0v) is 11.8. The molecular formula is C16H12F2N2S. The van der Waals surface area contributed by atoms with Crippen molar-refractivity contribution in [3.05, 3.63) is 65.0 Å². The first-order valence-corrected chi connectivity index (χ1v) is 7.25. The second-order valence-corrected chi connectivity index (χ2v) is 5.42. The Morgan fingerprint density at radius 2 is 1.81 bits per heavy atom. The molecular weight excluding hydrogens is 290 g/mol. The fraction of sp³-hybridized carbons (Fsp3) is 0.0625. The first kappa shape index (κ1) is 13.9. The number of hydrogen-bond donors (Lipinski definition) is 1. The maximum atomic E-state index is 13.8. The van der Waals surface area contributed by atoms with Crippen LogP contribution >= 0.6 is 11.3 Å². The standard InChI is InChI=1S/C16H12F2N2S/c17-12-5-6-13(14(18)7-12)16-20-15(9-21-16)11-3-1-10(8-19)2-4-11/h1-7,9H,8,19H2. The first-order valence-electron chi connectivity index (χ1n) is 6.37. The Balaban J connectivity index is 1.95. The molecule has 3 rings (SSSR count). The third-order valence-corrected chi connectivity index (χ3v) is 4.03. The van der Waals surface area contributed by atoms with Gasteiger partial charge in [0.1, 0.15) is 16.6 Å². The molecule has 0 radical (unpaired) electrons. The highest BCUT2D eigenvalue weighted by Crippen LogP contribution is 2.30. The summed E-state index contributed by atoms with van der Waals surface area (Å²) in [6, 6.07) is 11.2. The predicted octanol–water partition coefficient (Wildman–Crippen LogP) is 4.21. The second-order valence-electron chi connectivity index (χ2n) is 4.56. The van der Waals surface area contributed by atoms with E-state index in [-0.39, 0.29) is 0 Å². The van der Waals surface area contributed by atoms with Crippen molar-refractivity contribution in [3.63, 3.8) is 0 Å². The minimum absolute atomic E-state index is 0.311. The van der Waals surface area contributed by atoms with Crippen molar-refractivity contribution >= 4 is 11.3 Å². The molecule has 0 amide bonds. The maximum Gasteiger partial charge on any atom is 0.136 e. The summed E-state index contributed by atoms with van der Waals surface area (Å²) in [7, 11) is 0. The molecule has 2 nitrogen and oxygen atoms in total. The molecule has 1 heterocycles. The van der Waals surface area contributed by atoms with E-state index in [1.807, 2.05) is 29.6 Å². The molecule has 2 N–H and O–H groups in total. The molecule has 0 aliphatic carbocycles. The van der Waals surface area contributed by atoms with Crippen LogP contribution in [0, 0.1) is 11.6 Å². The van der Waals surface area contributed by atoms with E-state index in [0.29, 0.717) is 17.1 Å². The largest absolute Gasteiger partial charge is 0.326 e. The summed E-state index contributed by atoms with van der Waals surface area (Å²) in [4.78, 5) is 4.42. The van der Waals surface area contributed by atoms with Gasteiger partial charge in [0, 0.05) is 29.1 Å². The van der Waals surface area contributed by atoms with E-state index >= 15 is 0 Å². The highest BCUT2D eigenvalue weighted by molar-refractivity contribution is 7.13. The molecule has 2 aromatic carbocycles. The van der Waals surface area contributed by atoms with Gasteiger partial charge in [-0.3, -0.25) is 0 Å². The van der Waals surface area contributed by atoms with Gasteiger partial charge in [0.2, 0.25) is 0 Å². The Bertz CT molecular complexity index is 766. The monoisotopic (exact) mass is 302 g/mol. The summed E-state index contributed by atoms with van der Waals surface area (Å²) in [6.45, 7) is 0.489. The van der Waals surface area contributed by atoms with Gasteiger partial charge in [-0.25, -0.2) is 13.8 Å². The van der Waals surface area contributed by atoms with Gasteiger partial charge >= 0.3 is 0 Å². The average Bonchev–Trinajstić information content (AvgIpc) is 2.97. The van der Waals surface area contributed by atoms with Gasteiger partial charge in [-0.2, -0.15) is 0 Å². The molecule has 0 aliphatic rings. The van der Waals surface area contributed by atoms with Crippen molar-refractivity contribution in [2.75, 3.05) is 0 Å². The number of aromatic nitrogens is 1. The number of rotatable bonds is 3. The van der Waals surface area contributed by atoms with Gasteiger partial charge in [-0.15, -0.1) is 11.3 Å². The van der Waals surface area contributed by atoms with E-state index in [9.17, 15) is 8.78 Å². The van der Waals surface area contributed by atoms with Crippen LogP contribution in [0.2, 0.25) is 0 Å². The molecule has 0 aliphatic heterocycles. The number of thiazole rings is 1. The van der Waals surface area contributed by atoms with Crippen molar-refractivity contribution in [1.82, 2.24) is 4.98 Å². The summed E-state index contributed by atoms with van der Waals surface area (Å²) in [5.41, 5.74) is 8.62.